The zero-order chi connectivity index (χ0) is 18.9. The number of anilines is 1. The molecule has 10 heteroatoms. The summed E-state index contributed by atoms with van der Waals surface area (Å²) < 4.78 is 28.7. The molecule has 0 spiro atoms. The summed E-state index contributed by atoms with van der Waals surface area (Å²) >= 11 is 1.26. The van der Waals surface area contributed by atoms with Gasteiger partial charge in [-0.25, -0.2) is 13.2 Å². The van der Waals surface area contributed by atoms with Crippen LogP contribution >= 0.6 is 11.8 Å². The van der Waals surface area contributed by atoms with Crippen LogP contribution in [0.5, 0.6) is 0 Å². The maximum Gasteiger partial charge on any atom is 0.329 e. The molecule has 1 aromatic carbocycles. The highest BCUT2D eigenvalue weighted by atomic mass is 32.2. The van der Waals surface area contributed by atoms with Crippen molar-refractivity contribution in [1.82, 2.24) is 0 Å². The van der Waals surface area contributed by atoms with E-state index < -0.39 is 34.9 Å². The maximum absolute atomic E-state index is 12.0. The summed E-state index contributed by atoms with van der Waals surface area (Å²) in [5.74, 6) is -1.70. The predicted octanol–water partition coefficient (Wildman–Crippen LogP) is 0.698. The van der Waals surface area contributed by atoms with Crippen molar-refractivity contribution in [3.05, 3.63) is 29.8 Å². The molecule has 1 amide bonds. The number of carbonyl (C=O) groups excluding carboxylic acids is 1. The molecule has 2 heterocycles. The van der Waals surface area contributed by atoms with E-state index in [-0.39, 0.29) is 22.8 Å². The number of ether oxygens (including phenoxy) is 1. The topological polar surface area (TPSA) is 113 Å². The van der Waals surface area contributed by atoms with Crippen molar-refractivity contribution in [2.75, 3.05) is 29.6 Å². The number of fused-ring (bicyclic) bond motifs is 1. The molecule has 2 atom stereocenters. The largest absolute Gasteiger partial charge is 0.480 e. The second-order valence-electron chi connectivity index (χ2n) is 6.18. The Balaban J connectivity index is 1.84. The van der Waals surface area contributed by atoms with Gasteiger partial charge in [0.25, 0.3) is 5.91 Å². The molecule has 0 unspecified atom stereocenters. The number of thioether (sulfide) groups is 1. The molecular weight excluding hydrogens is 380 g/mol. The molecule has 26 heavy (non-hydrogen) atoms. The van der Waals surface area contributed by atoms with E-state index >= 15 is 0 Å². The van der Waals surface area contributed by atoms with E-state index in [4.69, 9.17) is 9.84 Å². The minimum Gasteiger partial charge on any atom is -0.480 e. The van der Waals surface area contributed by atoms with Crippen LogP contribution in [0.4, 0.5) is 5.69 Å². The van der Waals surface area contributed by atoms with Crippen molar-refractivity contribution in [3.63, 3.8) is 0 Å². The number of carboxylic acid groups (broad SMARTS) is 1. The monoisotopic (exact) mass is 398 g/mol. The number of nitrogens with zero attached hydrogens (tertiary/aromatic N) is 2. The third-order valence-corrected chi connectivity index (χ3v) is 7.26. The number of carbonyl (C=O) groups is 2. The standard InChI is InChI=1S/C16H18N2O6S2/c1-10-2-4-11(5-3-10)18-12-8-26(22,23)9-13(12)25-16(18)17-14(19)6-24-7-15(20)21/h2-5,12-13H,6-9H2,1H3,(H,20,21)/t12-,13-/m0/s1. The van der Waals surface area contributed by atoms with E-state index in [1.54, 1.807) is 4.90 Å². The van der Waals surface area contributed by atoms with E-state index in [1.165, 1.54) is 11.8 Å². The lowest BCUT2D eigenvalue weighted by Crippen LogP contribution is -2.37. The van der Waals surface area contributed by atoms with Gasteiger partial charge in [-0.3, -0.25) is 4.79 Å². The lowest BCUT2D eigenvalue weighted by Gasteiger charge is -2.24. The van der Waals surface area contributed by atoms with Crippen molar-refractivity contribution in [1.29, 1.82) is 0 Å². The average Bonchev–Trinajstić information content (AvgIpc) is 2.99. The first-order chi connectivity index (χ1) is 12.2. The molecule has 0 aromatic heterocycles. The summed E-state index contributed by atoms with van der Waals surface area (Å²) in [6.07, 6.45) is 0. The number of amidine groups is 1. The molecule has 0 saturated carbocycles. The lowest BCUT2D eigenvalue weighted by molar-refractivity contribution is -0.143. The number of benzene rings is 1. The van der Waals surface area contributed by atoms with Crippen molar-refractivity contribution in [3.8, 4) is 0 Å². The summed E-state index contributed by atoms with van der Waals surface area (Å²) in [6.45, 7) is 0.935. The second-order valence-corrected chi connectivity index (χ2v) is 9.54. The van der Waals surface area contributed by atoms with Crippen LogP contribution in [0, 0.1) is 6.92 Å². The molecule has 1 N–H and O–H groups in total. The van der Waals surface area contributed by atoms with Crippen LogP contribution in [0.15, 0.2) is 29.3 Å². The predicted molar refractivity (Wildman–Crippen MR) is 98.4 cm³/mol. The van der Waals surface area contributed by atoms with Crippen LogP contribution in [-0.4, -0.2) is 66.6 Å². The Hall–Kier alpha value is -1.91. The summed E-state index contributed by atoms with van der Waals surface area (Å²) in [6, 6.07) is 7.27. The Labute approximate surface area is 155 Å². The van der Waals surface area contributed by atoms with Crippen LogP contribution in [0.3, 0.4) is 0 Å². The molecule has 0 radical (unpaired) electrons. The van der Waals surface area contributed by atoms with Crippen molar-refractivity contribution >= 4 is 44.3 Å². The van der Waals surface area contributed by atoms with Gasteiger partial charge in [0, 0.05) is 10.9 Å². The van der Waals surface area contributed by atoms with Crippen molar-refractivity contribution in [2.45, 2.75) is 18.2 Å². The fraction of sp³-hybridized carbons (Fsp3) is 0.438. The number of aliphatic imine (C=N–C) groups is 1. The first kappa shape index (κ1) is 18.9. The molecule has 2 saturated heterocycles. The molecule has 2 fully saturated rings. The molecule has 2 aliphatic rings. The van der Waals surface area contributed by atoms with Gasteiger partial charge in [0.15, 0.2) is 15.0 Å². The lowest BCUT2D eigenvalue weighted by atomic mass is 10.1. The van der Waals surface area contributed by atoms with Gasteiger partial charge in [0.2, 0.25) is 0 Å². The van der Waals surface area contributed by atoms with Gasteiger partial charge in [-0.2, -0.15) is 4.99 Å². The Morgan fingerprint density at radius 3 is 2.62 bits per heavy atom. The SMILES string of the molecule is Cc1ccc(N2C(=NC(=O)COCC(=O)O)S[C@H]3CS(=O)(=O)C[C@@H]32)cc1. The average molecular weight is 398 g/mol. The molecule has 3 rings (SSSR count). The summed E-state index contributed by atoms with van der Waals surface area (Å²) in [5.41, 5.74) is 1.83. The van der Waals surface area contributed by atoms with Gasteiger partial charge in [-0.15, -0.1) is 0 Å². The van der Waals surface area contributed by atoms with Crippen molar-refractivity contribution < 1.29 is 27.9 Å². The number of amides is 1. The molecule has 1 aromatic rings. The molecule has 0 bridgehead atoms. The molecular formula is C16H18N2O6S2. The van der Waals surface area contributed by atoms with E-state index in [2.05, 4.69) is 4.99 Å². The highest BCUT2D eigenvalue weighted by Gasteiger charge is 2.49. The number of hydrogen-bond acceptors (Lipinski definition) is 6. The normalized spacial score (nSPS) is 25.4. The van der Waals surface area contributed by atoms with E-state index in [1.807, 2.05) is 31.2 Å². The molecule has 2 aliphatic heterocycles. The maximum atomic E-state index is 12.0. The summed E-state index contributed by atoms with van der Waals surface area (Å²) in [4.78, 5) is 28.3. The first-order valence-electron chi connectivity index (χ1n) is 7.89. The molecule has 8 nitrogen and oxygen atoms in total. The fourth-order valence-corrected chi connectivity index (χ4v) is 6.87. The second kappa shape index (κ2) is 7.37. The van der Waals surface area contributed by atoms with Crippen LogP contribution in [-0.2, 0) is 24.2 Å². The number of aliphatic carboxylic acids is 1. The van der Waals surface area contributed by atoms with E-state index in [0.29, 0.717) is 5.17 Å². The van der Waals surface area contributed by atoms with Crippen molar-refractivity contribution in [2.24, 2.45) is 4.99 Å². The van der Waals surface area contributed by atoms with Gasteiger partial charge in [0.1, 0.15) is 13.2 Å². The fourth-order valence-electron chi connectivity index (χ4n) is 2.94. The Kier molecular flexibility index (Phi) is 5.35. The van der Waals surface area contributed by atoms with Crippen LogP contribution in [0.25, 0.3) is 0 Å². The minimum absolute atomic E-state index is 0.0151. The van der Waals surface area contributed by atoms with Gasteiger partial charge >= 0.3 is 5.97 Å². The summed E-state index contributed by atoms with van der Waals surface area (Å²) in [7, 11) is -3.12. The van der Waals surface area contributed by atoms with Gasteiger partial charge in [-0.1, -0.05) is 29.5 Å². The quantitative estimate of drug-likeness (QED) is 0.771. The molecule has 140 valence electrons. The number of rotatable bonds is 5. The smallest absolute Gasteiger partial charge is 0.329 e. The number of sulfone groups is 1. The van der Waals surface area contributed by atoms with Gasteiger partial charge in [-0.05, 0) is 19.1 Å². The highest BCUT2D eigenvalue weighted by molar-refractivity contribution is 8.16. The Bertz CT molecular complexity index is 850. The summed E-state index contributed by atoms with van der Waals surface area (Å²) in [5, 5.41) is 8.77. The number of aryl methyl sites for hydroxylation is 1. The highest BCUT2D eigenvalue weighted by Crippen LogP contribution is 2.40. The third-order valence-electron chi connectivity index (χ3n) is 4.05. The van der Waals surface area contributed by atoms with E-state index in [0.717, 1.165) is 11.3 Å². The Morgan fingerprint density at radius 1 is 1.27 bits per heavy atom. The number of hydrogen-bond donors (Lipinski definition) is 1. The molecule has 0 aliphatic carbocycles. The Morgan fingerprint density at radius 2 is 1.96 bits per heavy atom. The van der Waals surface area contributed by atoms with Crippen LogP contribution in [0.2, 0.25) is 0 Å². The zero-order valence-electron chi connectivity index (χ0n) is 14.0. The first-order valence-corrected chi connectivity index (χ1v) is 10.6. The zero-order valence-corrected chi connectivity index (χ0v) is 15.6. The third kappa shape index (κ3) is 4.25. The van der Waals surface area contributed by atoms with Crippen LogP contribution in [0.1, 0.15) is 5.56 Å². The van der Waals surface area contributed by atoms with E-state index in [9.17, 15) is 18.0 Å². The van der Waals surface area contributed by atoms with Gasteiger partial charge in [0.05, 0.1) is 17.5 Å². The van der Waals surface area contributed by atoms with Gasteiger partial charge < -0.3 is 14.7 Å². The van der Waals surface area contributed by atoms with Crippen LogP contribution < -0.4 is 4.90 Å². The number of carboxylic acids is 1. The minimum atomic E-state index is -3.12.